The van der Waals surface area contributed by atoms with Crippen LogP contribution in [0.4, 0.5) is 0 Å². The van der Waals surface area contributed by atoms with Gasteiger partial charge in [-0.05, 0) is 44.2 Å². The minimum atomic E-state index is -2.18. The van der Waals surface area contributed by atoms with Crippen LogP contribution in [0.25, 0.3) is 0 Å². The summed E-state index contributed by atoms with van der Waals surface area (Å²) in [4.78, 5) is 47.9. The van der Waals surface area contributed by atoms with Gasteiger partial charge in [-0.25, -0.2) is 9.59 Å². The number of carbonyl (C=O) groups excluding carboxylic acids is 3. The van der Waals surface area contributed by atoms with Gasteiger partial charge in [-0.3, -0.25) is 9.59 Å². The van der Waals surface area contributed by atoms with E-state index in [2.05, 4.69) is 0 Å². The normalized spacial score (nSPS) is 22.2. The van der Waals surface area contributed by atoms with Crippen LogP contribution >= 0.6 is 0 Å². The summed E-state index contributed by atoms with van der Waals surface area (Å²) < 4.78 is 26.3. The number of esters is 3. The Labute approximate surface area is 333 Å². The molecule has 1 saturated heterocycles. The smallest absolute Gasteiger partial charge is 0.350 e. The average Bonchev–Trinajstić information content (AvgIpc) is 3.15. The Balaban J connectivity index is 1.68. The highest BCUT2D eigenvalue weighted by Gasteiger charge is 2.49. The van der Waals surface area contributed by atoms with Gasteiger partial charge in [0.25, 0.3) is 0 Å². The highest BCUT2D eigenvalue weighted by molar-refractivity contribution is 5.92. The van der Waals surface area contributed by atoms with Crippen LogP contribution in [-0.2, 0) is 44.5 Å². The molecule has 0 amide bonds. The third-order valence-corrected chi connectivity index (χ3v) is 9.90. The monoisotopic (exact) mass is 816 g/mol. The van der Waals surface area contributed by atoms with Gasteiger partial charge in [0.05, 0.1) is 19.3 Å². The summed E-state index contributed by atoms with van der Waals surface area (Å²) in [5.74, 6) is -4.31. The van der Waals surface area contributed by atoms with Crippen molar-refractivity contribution in [1.29, 1.82) is 0 Å². The lowest BCUT2D eigenvalue weighted by atomic mass is 9.98. The second-order valence-corrected chi connectivity index (χ2v) is 14.6. The first kappa shape index (κ1) is 49.7. The van der Waals surface area contributed by atoms with E-state index in [-0.39, 0.29) is 11.3 Å². The molecule has 0 radical (unpaired) electrons. The highest BCUT2D eigenvalue weighted by Crippen LogP contribution is 2.27. The third kappa shape index (κ3) is 17.1. The number of carboxylic acid groups (broad SMARTS) is 1. The van der Waals surface area contributed by atoms with Crippen LogP contribution in [0, 0.1) is 0 Å². The number of aliphatic hydroxyl groups excluding tert-OH is 6. The van der Waals surface area contributed by atoms with E-state index >= 15 is 0 Å². The first-order valence-electron chi connectivity index (χ1n) is 20.0. The van der Waals surface area contributed by atoms with Crippen molar-refractivity contribution in [3.63, 3.8) is 0 Å². The molecular weight excluding hydrogens is 752 g/mol. The Hall–Kier alpha value is -3.42. The zero-order valence-electron chi connectivity index (χ0n) is 33.3. The van der Waals surface area contributed by atoms with Crippen molar-refractivity contribution in [1.82, 2.24) is 0 Å². The van der Waals surface area contributed by atoms with Crippen LogP contribution in [-0.4, -0.2) is 139 Å². The average molecular weight is 817 g/mol. The molecule has 1 fully saturated rings. The van der Waals surface area contributed by atoms with Crippen molar-refractivity contribution in [2.45, 2.75) is 178 Å². The minimum Gasteiger partial charge on any atom is -0.507 e. The maximum atomic E-state index is 13.0. The SMILES string of the molecule is CC(=O)O[C@@H]1[C@H](O[C@H](CO)[C@H](O)[C@@H](O)[C@@H](OC(C)=O)C(=O)O[C@H](C)CCCCCCCCCCCCCCCc2cccc(O)c2C(=O)O)O[C@H](CO)[C@@H](O)[C@@H]1O. The fourth-order valence-electron chi connectivity index (χ4n) is 6.78. The summed E-state index contributed by atoms with van der Waals surface area (Å²) in [6.07, 6.45) is -2.32. The van der Waals surface area contributed by atoms with Crippen molar-refractivity contribution in [3.8, 4) is 5.75 Å². The lowest BCUT2D eigenvalue weighted by Gasteiger charge is -2.42. The maximum absolute atomic E-state index is 13.0. The number of aromatic hydroxyl groups is 1. The summed E-state index contributed by atoms with van der Waals surface area (Å²) in [7, 11) is 0. The van der Waals surface area contributed by atoms with E-state index in [0.29, 0.717) is 18.4 Å². The number of carboxylic acids is 1. The molecule has 1 heterocycles. The molecule has 1 aliphatic heterocycles. The number of hydrogen-bond donors (Lipinski definition) is 8. The first-order valence-corrected chi connectivity index (χ1v) is 20.0. The molecule has 0 bridgehead atoms. The molecule has 0 aliphatic carbocycles. The zero-order valence-corrected chi connectivity index (χ0v) is 33.3. The molecule has 0 unspecified atom stereocenters. The van der Waals surface area contributed by atoms with Crippen molar-refractivity contribution in [2.75, 3.05) is 13.2 Å². The molecule has 1 aromatic carbocycles. The molecule has 1 aliphatic rings. The Kier molecular flexibility index (Phi) is 23.2. The Morgan fingerprint density at radius 2 is 1.33 bits per heavy atom. The van der Waals surface area contributed by atoms with Gasteiger partial charge >= 0.3 is 23.9 Å². The van der Waals surface area contributed by atoms with Gasteiger partial charge in [0.2, 0.25) is 6.10 Å². The zero-order chi connectivity index (χ0) is 42.5. The van der Waals surface area contributed by atoms with Gasteiger partial charge in [-0.2, -0.15) is 0 Å². The fraction of sp³-hybridized carbons (Fsp3) is 0.750. The number of phenols is 1. The van der Waals surface area contributed by atoms with E-state index in [1.54, 1.807) is 19.1 Å². The Bertz CT molecular complexity index is 1360. The van der Waals surface area contributed by atoms with Crippen molar-refractivity contribution in [3.05, 3.63) is 29.3 Å². The molecule has 1 aromatic rings. The van der Waals surface area contributed by atoms with Gasteiger partial charge in [0.15, 0.2) is 12.4 Å². The number of hydrogen-bond acceptors (Lipinski definition) is 16. The van der Waals surface area contributed by atoms with Crippen LogP contribution in [0.15, 0.2) is 18.2 Å². The number of aryl methyl sites for hydroxylation is 1. The predicted molar refractivity (Wildman–Crippen MR) is 202 cm³/mol. The van der Waals surface area contributed by atoms with Gasteiger partial charge < -0.3 is 64.5 Å². The Morgan fingerprint density at radius 3 is 1.84 bits per heavy atom. The van der Waals surface area contributed by atoms with Gasteiger partial charge in [0.1, 0.15) is 47.9 Å². The summed E-state index contributed by atoms with van der Waals surface area (Å²) >= 11 is 0. The van der Waals surface area contributed by atoms with Gasteiger partial charge in [-0.15, -0.1) is 0 Å². The number of rotatable bonds is 28. The second kappa shape index (κ2) is 26.6. The highest BCUT2D eigenvalue weighted by atomic mass is 16.7. The molecule has 10 atom stereocenters. The van der Waals surface area contributed by atoms with Crippen LogP contribution in [0.1, 0.15) is 127 Å². The summed E-state index contributed by atoms with van der Waals surface area (Å²) in [5, 5.41) is 81.1. The number of benzene rings is 1. The van der Waals surface area contributed by atoms with Crippen LogP contribution in [0.5, 0.6) is 5.75 Å². The molecule has 57 heavy (non-hydrogen) atoms. The van der Waals surface area contributed by atoms with E-state index in [0.717, 1.165) is 97.3 Å². The van der Waals surface area contributed by atoms with Gasteiger partial charge in [0, 0.05) is 13.8 Å². The van der Waals surface area contributed by atoms with E-state index in [1.807, 2.05) is 0 Å². The summed E-state index contributed by atoms with van der Waals surface area (Å²) in [6, 6.07) is 4.81. The number of aromatic carboxylic acids is 1. The Morgan fingerprint density at radius 1 is 0.772 bits per heavy atom. The standard InChI is InChI=1S/C40H64O17/c1-24(18-15-13-11-9-7-5-4-6-8-10-12-14-16-19-27-20-17-21-28(45)31(27)38(50)51)53-39(52)36(54-25(2)43)34(48)32(46)29(22-41)56-40-37(55-26(3)44)35(49)33(47)30(23-42)57-40/h17,20-21,24,29-30,32-37,40-42,45-49H,4-16,18-19,22-23H2,1-3H3,(H,50,51)/t24-,29-,30-,32+,33-,34-,35+,36-,37+,40-/m1/s1. The maximum Gasteiger partial charge on any atom is 0.350 e. The number of unbranched alkanes of at least 4 members (excludes halogenated alkanes) is 12. The molecule has 326 valence electrons. The first-order chi connectivity index (χ1) is 27.1. The lowest BCUT2D eigenvalue weighted by Crippen LogP contribution is -2.62. The minimum absolute atomic E-state index is 0.00386. The van der Waals surface area contributed by atoms with E-state index in [9.17, 15) is 60.0 Å². The van der Waals surface area contributed by atoms with E-state index in [4.69, 9.17) is 23.7 Å². The molecular formula is C40H64O17. The molecule has 17 nitrogen and oxygen atoms in total. The predicted octanol–water partition coefficient (Wildman–Crippen LogP) is 2.43. The fourth-order valence-corrected chi connectivity index (χ4v) is 6.78. The van der Waals surface area contributed by atoms with Crippen molar-refractivity contribution in [2.24, 2.45) is 0 Å². The number of aliphatic hydroxyl groups is 6. The van der Waals surface area contributed by atoms with Crippen molar-refractivity contribution >= 4 is 23.9 Å². The summed E-state index contributed by atoms with van der Waals surface area (Å²) in [5.41, 5.74) is 0.661. The number of carbonyl (C=O) groups is 4. The lowest BCUT2D eigenvalue weighted by molar-refractivity contribution is -0.324. The van der Waals surface area contributed by atoms with Crippen LogP contribution in [0.3, 0.4) is 0 Å². The largest absolute Gasteiger partial charge is 0.507 e. The van der Waals surface area contributed by atoms with Gasteiger partial charge in [-0.1, -0.05) is 82.8 Å². The van der Waals surface area contributed by atoms with E-state index < -0.39 is 98.3 Å². The van der Waals surface area contributed by atoms with E-state index in [1.165, 1.54) is 6.07 Å². The molecule has 2 rings (SSSR count). The molecule has 0 aromatic heterocycles. The topological polar surface area (TPSA) is 276 Å². The molecule has 0 saturated carbocycles. The number of ether oxygens (including phenoxy) is 5. The van der Waals surface area contributed by atoms with Crippen molar-refractivity contribution < 1.29 is 83.7 Å². The molecule has 0 spiro atoms. The molecule has 17 heteroatoms. The second-order valence-electron chi connectivity index (χ2n) is 14.6. The quantitative estimate of drug-likeness (QED) is 0.0343. The van der Waals surface area contributed by atoms with Crippen LogP contribution in [0.2, 0.25) is 0 Å². The molecule has 8 N–H and O–H groups in total. The third-order valence-electron chi connectivity index (χ3n) is 9.90. The van der Waals surface area contributed by atoms with Crippen LogP contribution < -0.4 is 0 Å². The summed E-state index contributed by atoms with van der Waals surface area (Å²) in [6.45, 7) is 1.84.